The highest BCUT2D eigenvalue weighted by molar-refractivity contribution is 5.73. The smallest absolute Gasteiger partial charge is 0.162 e. The van der Waals surface area contributed by atoms with Gasteiger partial charge in [-0.2, -0.15) is 0 Å². The van der Waals surface area contributed by atoms with E-state index in [1.165, 1.54) is 5.56 Å². The minimum atomic E-state index is 0.648. The first-order chi connectivity index (χ1) is 10.2. The van der Waals surface area contributed by atoms with Gasteiger partial charge in [-0.25, -0.2) is 0 Å². The Labute approximate surface area is 126 Å². The van der Waals surface area contributed by atoms with Crippen LogP contribution in [0.2, 0.25) is 0 Å². The number of hydrogen-bond acceptors (Lipinski definition) is 4. The second-order valence-electron chi connectivity index (χ2n) is 4.77. The van der Waals surface area contributed by atoms with Gasteiger partial charge < -0.3 is 20.1 Å². The highest BCUT2D eigenvalue weighted by Crippen LogP contribution is 2.37. The molecule has 0 aliphatic heterocycles. The summed E-state index contributed by atoms with van der Waals surface area (Å²) in [5.41, 5.74) is 9.06. The van der Waals surface area contributed by atoms with Crippen molar-refractivity contribution in [2.75, 3.05) is 31.4 Å². The Morgan fingerprint density at radius 1 is 1.00 bits per heavy atom. The van der Waals surface area contributed by atoms with Gasteiger partial charge in [0, 0.05) is 25.2 Å². The van der Waals surface area contributed by atoms with Crippen molar-refractivity contribution in [1.29, 1.82) is 0 Å². The maximum atomic E-state index is 6.17. The Morgan fingerprint density at radius 2 is 1.62 bits per heavy atom. The molecular formula is C17H22N2O2. The van der Waals surface area contributed by atoms with Crippen LogP contribution in [0.1, 0.15) is 12.5 Å². The molecule has 0 atom stereocenters. The van der Waals surface area contributed by atoms with Crippen molar-refractivity contribution < 1.29 is 9.47 Å². The second-order valence-corrected chi connectivity index (χ2v) is 4.77. The average Bonchev–Trinajstić information content (AvgIpc) is 2.53. The molecule has 0 fully saturated rings. The van der Waals surface area contributed by atoms with Crippen molar-refractivity contribution in [1.82, 2.24) is 0 Å². The highest BCUT2D eigenvalue weighted by Gasteiger charge is 2.14. The van der Waals surface area contributed by atoms with Crippen LogP contribution >= 0.6 is 0 Å². The van der Waals surface area contributed by atoms with Gasteiger partial charge in [-0.05, 0) is 12.5 Å². The van der Waals surface area contributed by atoms with Crippen molar-refractivity contribution in [2.45, 2.75) is 13.5 Å². The molecule has 0 aromatic heterocycles. The molecule has 21 heavy (non-hydrogen) atoms. The van der Waals surface area contributed by atoms with Gasteiger partial charge in [-0.1, -0.05) is 30.3 Å². The van der Waals surface area contributed by atoms with Crippen molar-refractivity contribution in [3.8, 4) is 11.5 Å². The number of nitrogen functional groups attached to an aromatic ring is 1. The van der Waals surface area contributed by atoms with Crippen molar-refractivity contribution in [3.05, 3.63) is 48.0 Å². The first kappa shape index (κ1) is 15.0. The third-order valence-corrected chi connectivity index (χ3v) is 3.47. The monoisotopic (exact) mass is 286 g/mol. The number of rotatable bonds is 6. The lowest BCUT2D eigenvalue weighted by atomic mass is 10.1. The van der Waals surface area contributed by atoms with Crippen molar-refractivity contribution in [3.63, 3.8) is 0 Å². The summed E-state index contributed by atoms with van der Waals surface area (Å²) < 4.78 is 10.6. The van der Waals surface area contributed by atoms with Gasteiger partial charge in [0.15, 0.2) is 11.5 Å². The summed E-state index contributed by atoms with van der Waals surface area (Å²) in [7, 11) is 3.24. The molecule has 0 amide bonds. The third kappa shape index (κ3) is 3.40. The van der Waals surface area contributed by atoms with E-state index in [-0.39, 0.29) is 0 Å². The van der Waals surface area contributed by atoms with Crippen LogP contribution in [0, 0.1) is 0 Å². The maximum absolute atomic E-state index is 6.17. The van der Waals surface area contributed by atoms with Crippen LogP contribution in [0.4, 0.5) is 11.4 Å². The summed E-state index contributed by atoms with van der Waals surface area (Å²) in [5.74, 6) is 1.34. The molecule has 0 aliphatic rings. The standard InChI is InChI=1S/C17H22N2O2/c1-4-19(12-13-8-6-5-7-9-13)15-11-17(21-3)16(20-2)10-14(15)18/h5-11H,4,12,18H2,1-3H3. The lowest BCUT2D eigenvalue weighted by Gasteiger charge is -2.26. The number of benzene rings is 2. The first-order valence-electron chi connectivity index (χ1n) is 7.00. The quantitative estimate of drug-likeness (QED) is 0.828. The fraction of sp³-hybridized carbons (Fsp3) is 0.294. The highest BCUT2D eigenvalue weighted by atomic mass is 16.5. The van der Waals surface area contributed by atoms with Crippen LogP contribution in [0.3, 0.4) is 0 Å². The molecule has 0 unspecified atom stereocenters. The van der Waals surface area contributed by atoms with Gasteiger partial charge in [-0.15, -0.1) is 0 Å². The zero-order chi connectivity index (χ0) is 15.2. The first-order valence-corrected chi connectivity index (χ1v) is 7.00. The van der Waals surface area contributed by atoms with Crippen LogP contribution in [0.15, 0.2) is 42.5 Å². The summed E-state index contributed by atoms with van der Waals surface area (Å²) in [6, 6.07) is 14.1. The number of hydrogen-bond donors (Lipinski definition) is 1. The fourth-order valence-corrected chi connectivity index (χ4v) is 2.33. The molecule has 0 saturated carbocycles. The van der Waals surface area contributed by atoms with Crippen LogP contribution < -0.4 is 20.1 Å². The second kappa shape index (κ2) is 6.88. The number of nitrogens with zero attached hydrogens (tertiary/aromatic N) is 1. The minimum Gasteiger partial charge on any atom is -0.493 e. The number of anilines is 2. The van der Waals surface area contributed by atoms with Crippen molar-refractivity contribution in [2.24, 2.45) is 0 Å². The van der Waals surface area contributed by atoms with E-state index in [2.05, 4.69) is 24.0 Å². The number of ether oxygens (including phenoxy) is 2. The van der Waals surface area contributed by atoms with E-state index in [1.807, 2.05) is 30.3 Å². The lowest BCUT2D eigenvalue weighted by Crippen LogP contribution is -2.23. The molecule has 4 heteroatoms. The van der Waals surface area contributed by atoms with Gasteiger partial charge in [0.1, 0.15) is 0 Å². The molecule has 0 radical (unpaired) electrons. The zero-order valence-electron chi connectivity index (χ0n) is 12.8. The van der Waals surface area contributed by atoms with Crippen LogP contribution in [-0.4, -0.2) is 20.8 Å². The third-order valence-electron chi connectivity index (χ3n) is 3.47. The maximum Gasteiger partial charge on any atom is 0.162 e. The van der Waals surface area contributed by atoms with Gasteiger partial charge in [-0.3, -0.25) is 0 Å². The van der Waals surface area contributed by atoms with E-state index in [4.69, 9.17) is 15.2 Å². The number of methoxy groups -OCH3 is 2. The summed E-state index contributed by atoms with van der Waals surface area (Å²) in [4.78, 5) is 2.21. The SMILES string of the molecule is CCN(Cc1ccccc1)c1cc(OC)c(OC)cc1N. The largest absolute Gasteiger partial charge is 0.493 e. The van der Waals surface area contributed by atoms with E-state index in [9.17, 15) is 0 Å². The van der Waals surface area contributed by atoms with Gasteiger partial charge in [0.05, 0.1) is 25.6 Å². The minimum absolute atomic E-state index is 0.648. The Morgan fingerprint density at radius 3 is 2.19 bits per heavy atom. The van der Waals surface area contributed by atoms with Crippen LogP contribution in [0.5, 0.6) is 11.5 Å². The summed E-state index contributed by atoms with van der Waals surface area (Å²) in [6.45, 7) is 3.77. The molecule has 2 aromatic rings. The van der Waals surface area contributed by atoms with Crippen LogP contribution in [-0.2, 0) is 6.54 Å². The molecule has 4 nitrogen and oxygen atoms in total. The van der Waals surface area contributed by atoms with Crippen LogP contribution in [0.25, 0.3) is 0 Å². The molecule has 0 saturated heterocycles. The predicted molar refractivity (Wildman–Crippen MR) is 87.1 cm³/mol. The molecule has 112 valence electrons. The lowest BCUT2D eigenvalue weighted by molar-refractivity contribution is 0.355. The van der Waals surface area contributed by atoms with Gasteiger partial charge >= 0.3 is 0 Å². The van der Waals surface area contributed by atoms with E-state index < -0.39 is 0 Å². The Balaban J connectivity index is 2.33. The van der Waals surface area contributed by atoms with E-state index in [0.717, 1.165) is 18.8 Å². The zero-order valence-corrected chi connectivity index (χ0v) is 12.8. The Bertz CT molecular complexity index is 585. The number of nitrogens with two attached hydrogens (primary N) is 1. The van der Waals surface area contributed by atoms with E-state index in [1.54, 1.807) is 14.2 Å². The topological polar surface area (TPSA) is 47.7 Å². The van der Waals surface area contributed by atoms with E-state index in [0.29, 0.717) is 17.2 Å². The van der Waals surface area contributed by atoms with Crippen molar-refractivity contribution >= 4 is 11.4 Å². The molecule has 0 heterocycles. The molecular weight excluding hydrogens is 264 g/mol. The predicted octanol–water partition coefficient (Wildman–Crippen LogP) is 3.31. The summed E-state index contributed by atoms with van der Waals surface area (Å²) in [5, 5.41) is 0. The average molecular weight is 286 g/mol. The Kier molecular flexibility index (Phi) is 4.93. The van der Waals surface area contributed by atoms with Gasteiger partial charge in [0.25, 0.3) is 0 Å². The summed E-state index contributed by atoms with van der Waals surface area (Å²) in [6.07, 6.45) is 0. The molecule has 0 spiro atoms. The summed E-state index contributed by atoms with van der Waals surface area (Å²) >= 11 is 0. The molecule has 0 aliphatic carbocycles. The normalized spacial score (nSPS) is 10.2. The molecule has 2 N–H and O–H groups in total. The van der Waals surface area contributed by atoms with E-state index >= 15 is 0 Å². The molecule has 2 aromatic carbocycles. The Hall–Kier alpha value is -2.36. The van der Waals surface area contributed by atoms with Gasteiger partial charge in [0.2, 0.25) is 0 Å². The molecule has 0 bridgehead atoms. The fourth-order valence-electron chi connectivity index (χ4n) is 2.33. The molecule has 2 rings (SSSR count).